The monoisotopic (exact) mass is 277 g/mol. The van der Waals surface area contributed by atoms with Gasteiger partial charge in [-0.15, -0.1) is 0 Å². The first-order valence-corrected chi connectivity index (χ1v) is 7.21. The third-order valence-corrected chi connectivity index (χ3v) is 4.10. The van der Waals surface area contributed by atoms with Gasteiger partial charge in [0.2, 0.25) is 0 Å². The van der Waals surface area contributed by atoms with Crippen molar-refractivity contribution in [1.29, 1.82) is 0 Å². The fourth-order valence-corrected chi connectivity index (χ4v) is 2.93. The van der Waals surface area contributed by atoms with Crippen LogP contribution in [-0.4, -0.2) is 12.7 Å². The minimum atomic E-state index is -0.249. The van der Waals surface area contributed by atoms with Gasteiger partial charge in [-0.25, -0.2) is 4.39 Å². The first kappa shape index (κ1) is 13.6. The standard InChI is InChI=1S/C16H20FNO2/c1-10-13-9-11(17)4-7-15(13)20-16(10)14(18)6-5-12-3-2-8-19-12/h4,7,9,12,14H,2-3,5-6,8,18H2,1H3. The molecule has 1 aromatic carbocycles. The Bertz CT molecular complexity index is 602. The van der Waals surface area contributed by atoms with E-state index in [2.05, 4.69) is 0 Å². The Kier molecular flexibility index (Phi) is 3.76. The molecule has 2 heterocycles. The van der Waals surface area contributed by atoms with Crippen molar-refractivity contribution < 1.29 is 13.5 Å². The van der Waals surface area contributed by atoms with Crippen molar-refractivity contribution in [3.63, 3.8) is 0 Å². The molecule has 0 amide bonds. The van der Waals surface area contributed by atoms with Crippen molar-refractivity contribution in [1.82, 2.24) is 0 Å². The Morgan fingerprint density at radius 1 is 1.45 bits per heavy atom. The Morgan fingerprint density at radius 2 is 2.30 bits per heavy atom. The number of hydrogen-bond acceptors (Lipinski definition) is 3. The van der Waals surface area contributed by atoms with Gasteiger partial charge in [-0.05, 0) is 50.8 Å². The number of rotatable bonds is 4. The van der Waals surface area contributed by atoms with Crippen LogP contribution < -0.4 is 5.73 Å². The van der Waals surface area contributed by atoms with Crippen LogP contribution in [0.15, 0.2) is 22.6 Å². The smallest absolute Gasteiger partial charge is 0.134 e. The molecule has 2 N–H and O–H groups in total. The molecule has 1 saturated heterocycles. The van der Waals surface area contributed by atoms with Gasteiger partial charge >= 0.3 is 0 Å². The van der Waals surface area contributed by atoms with Crippen LogP contribution in [0.1, 0.15) is 43.0 Å². The molecule has 4 heteroatoms. The Morgan fingerprint density at radius 3 is 3.05 bits per heavy atom. The molecule has 1 aliphatic heterocycles. The molecule has 1 fully saturated rings. The molecule has 0 saturated carbocycles. The molecule has 1 aromatic heterocycles. The lowest BCUT2D eigenvalue weighted by molar-refractivity contribution is 0.100. The summed E-state index contributed by atoms with van der Waals surface area (Å²) >= 11 is 0. The maximum atomic E-state index is 13.3. The molecule has 2 atom stereocenters. The quantitative estimate of drug-likeness (QED) is 0.923. The van der Waals surface area contributed by atoms with Gasteiger partial charge in [0.05, 0.1) is 12.1 Å². The SMILES string of the molecule is Cc1c(C(N)CCC2CCCO2)oc2ccc(F)cc12. The fraction of sp³-hybridized carbons (Fsp3) is 0.500. The molecule has 0 aliphatic carbocycles. The molecule has 20 heavy (non-hydrogen) atoms. The van der Waals surface area contributed by atoms with Crippen LogP contribution in [0.5, 0.6) is 0 Å². The van der Waals surface area contributed by atoms with Gasteiger partial charge in [-0.2, -0.15) is 0 Å². The first-order valence-electron chi connectivity index (χ1n) is 7.21. The summed E-state index contributed by atoms with van der Waals surface area (Å²) in [7, 11) is 0. The number of aryl methyl sites for hydroxylation is 1. The van der Waals surface area contributed by atoms with Crippen LogP contribution >= 0.6 is 0 Å². The van der Waals surface area contributed by atoms with Gasteiger partial charge < -0.3 is 14.9 Å². The average molecular weight is 277 g/mol. The number of nitrogens with two attached hydrogens (primary N) is 1. The van der Waals surface area contributed by atoms with Crippen molar-refractivity contribution >= 4 is 11.0 Å². The number of furan rings is 1. The normalized spacial score (nSPS) is 20.6. The van der Waals surface area contributed by atoms with E-state index in [0.29, 0.717) is 11.7 Å². The van der Waals surface area contributed by atoms with Crippen LogP contribution in [0.4, 0.5) is 4.39 Å². The molecule has 0 spiro atoms. The highest BCUT2D eigenvalue weighted by molar-refractivity contribution is 5.82. The largest absolute Gasteiger partial charge is 0.459 e. The lowest BCUT2D eigenvalue weighted by Gasteiger charge is -2.13. The van der Waals surface area contributed by atoms with E-state index in [0.717, 1.165) is 49.0 Å². The maximum absolute atomic E-state index is 13.3. The zero-order valence-corrected chi connectivity index (χ0v) is 11.7. The van der Waals surface area contributed by atoms with Crippen LogP contribution in [0.25, 0.3) is 11.0 Å². The van der Waals surface area contributed by atoms with E-state index >= 15 is 0 Å². The van der Waals surface area contributed by atoms with Crippen molar-refractivity contribution in [2.75, 3.05) is 6.61 Å². The summed E-state index contributed by atoms with van der Waals surface area (Å²) in [5.74, 6) is 0.518. The minimum Gasteiger partial charge on any atom is -0.459 e. The fourth-order valence-electron chi connectivity index (χ4n) is 2.93. The summed E-state index contributed by atoms with van der Waals surface area (Å²) in [5.41, 5.74) is 7.88. The number of ether oxygens (including phenoxy) is 1. The number of hydrogen-bond donors (Lipinski definition) is 1. The van der Waals surface area contributed by atoms with E-state index in [1.807, 2.05) is 6.92 Å². The summed E-state index contributed by atoms with van der Waals surface area (Å²) in [4.78, 5) is 0. The maximum Gasteiger partial charge on any atom is 0.134 e. The van der Waals surface area contributed by atoms with E-state index in [4.69, 9.17) is 14.9 Å². The van der Waals surface area contributed by atoms with E-state index < -0.39 is 0 Å². The van der Waals surface area contributed by atoms with Crippen molar-refractivity contribution in [3.05, 3.63) is 35.3 Å². The second-order valence-electron chi connectivity index (χ2n) is 5.55. The zero-order chi connectivity index (χ0) is 14.1. The molecular weight excluding hydrogens is 257 g/mol. The van der Waals surface area contributed by atoms with Gasteiger partial charge in [0, 0.05) is 17.6 Å². The van der Waals surface area contributed by atoms with Gasteiger partial charge in [0.15, 0.2) is 0 Å². The highest BCUT2D eigenvalue weighted by atomic mass is 19.1. The van der Waals surface area contributed by atoms with Crippen molar-refractivity contribution in [3.8, 4) is 0 Å². The molecular formula is C16H20FNO2. The highest BCUT2D eigenvalue weighted by Gasteiger charge is 2.21. The Balaban J connectivity index is 1.76. The summed E-state index contributed by atoms with van der Waals surface area (Å²) in [5, 5.41) is 0.813. The molecule has 1 aliphatic rings. The van der Waals surface area contributed by atoms with E-state index in [9.17, 15) is 4.39 Å². The molecule has 3 rings (SSSR count). The predicted octanol–water partition coefficient (Wildman–Crippen LogP) is 3.84. The molecule has 2 unspecified atom stereocenters. The Hall–Kier alpha value is -1.39. The second kappa shape index (κ2) is 5.54. The van der Waals surface area contributed by atoms with Gasteiger partial charge in [-0.3, -0.25) is 0 Å². The van der Waals surface area contributed by atoms with Crippen LogP contribution in [0.2, 0.25) is 0 Å². The van der Waals surface area contributed by atoms with E-state index in [1.165, 1.54) is 12.1 Å². The lowest BCUT2D eigenvalue weighted by Crippen LogP contribution is -2.14. The summed E-state index contributed by atoms with van der Waals surface area (Å²) in [6.07, 6.45) is 4.38. The third-order valence-electron chi connectivity index (χ3n) is 4.10. The lowest BCUT2D eigenvalue weighted by atomic mass is 10.0. The highest BCUT2D eigenvalue weighted by Crippen LogP contribution is 2.31. The second-order valence-corrected chi connectivity index (χ2v) is 5.55. The number of benzene rings is 1. The van der Waals surface area contributed by atoms with E-state index in [1.54, 1.807) is 6.07 Å². The topological polar surface area (TPSA) is 48.4 Å². The molecule has 0 radical (unpaired) electrons. The van der Waals surface area contributed by atoms with Gasteiger partial charge in [0.1, 0.15) is 17.2 Å². The molecule has 0 bridgehead atoms. The predicted molar refractivity (Wildman–Crippen MR) is 76.0 cm³/mol. The molecule has 2 aromatic rings. The zero-order valence-electron chi connectivity index (χ0n) is 11.7. The van der Waals surface area contributed by atoms with Gasteiger partial charge in [-0.1, -0.05) is 0 Å². The average Bonchev–Trinajstić information content (AvgIpc) is 3.05. The van der Waals surface area contributed by atoms with Crippen LogP contribution in [0.3, 0.4) is 0 Å². The summed E-state index contributed by atoms with van der Waals surface area (Å²) in [6, 6.07) is 4.42. The summed E-state index contributed by atoms with van der Waals surface area (Å²) < 4.78 is 24.7. The number of fused-ring (bicyclic) bond motifs is 1. The van der Waals surface area contributed by atoms with E-state index in [-0.39, 0.29) is 11.9 Å². The molecule has 3 nitrogen and oxygen atoms in total. The first-order chi connectivity index (χ1) is 9.65. The molecule has 108 valence electrons. The third kappa shape index (κ3) is 2.58. The van der Waals surface area contributed by atoms with Crippen LogP contribution in [0, 0.1) is 12.7 Å². The minimum absolute atomic E-state index is 0.158. The van der Waals surface area contributed by atoms with Gasteiger partial charge in [0.25, 0.3) is 0 Å². The van der Waals surface area contributed by atoms with Crippen LogP contribution in [-0.2, 0) is 4.74 Å². The summed E-state index contributed by atoms with van der Waals surface area (Å²) in [6.45, 7) is 2.80. The number of halogens is 1. The van der Waals surface area contributed by atoms with Crippen molar-refractivity contribution in [2.24, 2.45) is 5.73 Å². The Labute approximate surface area is 117 Å². The van der Waals surface area contributed by atoms with Crippen molar-refractivity contribution in [2.45, 2.75) is 44.8 Å².